The van der Waals surface area contributed by atoms with E-state index in [0.29, 0.717) is 18.9 Å². The van der Waals surface area contributed by atoms with Crippen molar-refractivity contribution in [1.29, 1.82) is 0 Å². The first-order valence-corrected chi connectivity index (χ1v) is 7.41. The Morgan fingerprint density at radius 3 is 2.53 bits per heavy atom. The molecule has 4 nitrogen and oxygen atoms in total. The second kappa shape index (κ2) is 10.2. The number of hydrogen-bond donors (Lipinski definition) is 1. The smallest absolute Gasteiger partial charge is 0.325 e. The van der Waals surface area contributed by atoms with E-state index in [4.69, 9.17) is 9.47 Å². The van der Waals surface area contributed by atoms with Crippen LogP contribution in [0.25, 0.3) is 0 Å². The summed E-state index contributed by atoms with van der Waals surface area (Å²) in [6.07, 6.45) is 3.99. The molecule has 19 heavy (non-hydrogen) atoms. The van der Waals surface area contributed by atoms with Gasteiger partial charge in [0.05, 0.1) is 7.11 Å². The van der Waals surface area contributed by atoms with Crippen molar-refractivity contribution in [1.82, 2.24) is 5.32 Å². The van der Waals surface area contributed by atoms with E-state index in [1.807, 2.05) is 6.92 Å². The Hall–Kier alpha value is -0.610. The van der Waals surface area contributed by atoms with Crippen molar-refractivity contribution in [3.63, 3.8) is 0 Å². The van der Waals surface area contributed by atoms with Gasteiger partial charge >= 0.3 is 5.97 Å². The molecule has 0 fully saturated rings. The molecule has 0 aromatic rings. The predicted molar refractivity (Wildman–Crippen MR) is 78.2 cm³/mol. The van der Waals surface area contributed by atoms with Crippen LogP contribution in [0.15, 0.2) is 0 Å². The molecule has 0 saturated carbocycles. The lowest BCUT2D eigenvalue weighted by molar-refractivity contribution is -0.148. The molecule has 0 aliphatic heterocycles. The van der Waals surface area contributed by atoms with Crippen molar-refractivity contribution in [2.24, 2.45) is 5.92 Å². The molecule has 2 unspecified atom stereocenters. The van der Waals surface area contributed by atoms with Crippen molar-refractivity contribution in [3.8, 4) is 0 Å². The van der Waals surface area contributed by atoms with Crippen LogP contribution in [0.3, 0.4) is 0 Å². The Kier molecular flexibility index (Phi) is 9.88. The van der Waals surface area contributed by atoms with Crippen LogP contribution in [0.1, 0.15) is 53.4 Å². The number of nitrogens with one attached hydrogen (secondary N) is 1. The minimum atomic E-state index is -0.640. The lowest BCUT2D eigenvalue weighted by Crippen LogP contribution is -2.51. The Morgan fingerprint density at radius 2 is 2.00 bits per heavy atom. The Labute approximate surface area is 118 Å². The zero-order chi connectivity index (χ0) is 14.7. The van der Waals surface area contributed by atoms with Crippen LogP contribution in [0.5, 0.6) is 0 Å². The van der Waals surface area contributed by atoms with E-state index in [-0.39, 0.29) is 5.97 Å². The van der Waals surface area contributed by atoms with Crippen LogP contribution in [0.4, 0.5) is 0 Å². The van der Waals surface area contributed by atoms with Crippen LogP contribution >= 0.6 is 0 Å². The Bertz CT molecular complexity index is 246. The number of ether oxygens (including phenoxy) is 2. The Balaban J connectivity index is 4.09. The first-order chi connectivity index (χ1) is 9.00. The molecule has 0 aromatic heterocycles. The molecular weight excluding hydrogens is 242 g/mol. The molecule has 0 aliphatic carbocycles. The van der Waals surface area contributed by atoms with Gasteiger partial charge in [-0.1, -0.05) is 27.2 Å². The summed E-state index contributed by atoms with van der Waals surface area (Å²) in [5.41, 5.74) is -0.640. The van der Waals surface area contributed by atoms with Crippen LogP contribution in [0, 0.1) is 5.92 Å². The number of rotatable bonds is 11. The first kappa shape index (κ1) is 18.4. The van der Waals surface area contributed by atoms with Crippen molar-refractivity contribution in [3.05, 3.63) is 0 Å². The van der Waals surface area contributed by atoms with E-state index in [0.717, 1.165) is 19.6 Å². The largest absolute Gasteiger partial charge is 0.468 e. The van der Waals surface area contributed by atoms with Crippen molar-refractivity contribution < 1.29 is 14.3 Å². The van der Waals surface area contributed by atoms with Crippen molar-refractivity contribution in [2.75, 3.05) is 26.9 Å². The standard InChI is InChI=1S/C15H31NO3/c1-6-8-13(3)12-19-11-9-15(4,14(17)18-5)16-10-7-2/h13,16H,6-12H2,1-5H3. The van der Waals surface area contributed by atoms with Gasteiger partial charge in [0.1, 0.15) is 5.54 Å². The van der Waals surface area contributed by atoms with Gasteiger partial charge in [0.2, 0.25) is 0 Å². The zero-order valence-corrected chi connectivity index (χ0v) is 13.3. The van der Waals surface area contributed by atoms with Gasteiger partial charge in [-0.25, -0.2) is 0 Å². The van der Waals surface area contributed by atoms with Gasteiger partial charge in [0.25, 0.3) is 0 Å². The summed E-state index contributed by atoms with van der Waals surface area (Å²) in [5, 5.41) is 3.26. The fraction of sp³-hybridized carbons (Fsp3) is 0.933. The van der Waals surface area contributed by atoms with Crippen LogP contribution in [-0.4, -0.2) is 38.4 Å². The fourth-order valence-electron chi connectivity index (χ4n) is 2.03. The molecule has 0 spiro atoms. The molecule has 0 aliphatic rings. The second-order valence-corrected chi connectivity index (χ2v) is 5.47. The Morgan fingerprint density at radius 1 is 1.32 bits per heavy atom. The van der Waals surface area contributed by atoms with Crippen molar-refractivity contribution >= 4 is 5.97 Å². The summed E-state index contributed by atoms with van der Waals surface area (Å²) >= 11 is 0. The molecule has 0 aromatic carbocycles. The van der Waals surface area contributed by atoms with Crippen LogP contribution in [0.2, 0.25) is 0 Å². The van der Waals surface area contributed by atoms with Gasteiger partial charge in [-0.15, -0.1) is 0 Å². The monoisotopic (exact) mass is 273 g/mol. The highest BCUT2D eigenvalue weighted by atomic mass is 16.5. The third-order valence-corrected chi connectivity index (χ3v) is 3.33. The molecule has 2 atom stereocenters. The first-order valence-electron chi connectivity index (χ1n) is 7.41. The van der Waals surface area contributed by atoms with E-state index in [2.05, 4.69) is 26.1 Å². The van der Waals surface area contributed by atoms with Gasteiger partial charge < -0.3 is 14.8 Å². The van der Waals surface area contributed by atoms with E-state index >= 15 is 0 Å². The highest BCUT2D eigenvalue weighted by Crippen LogP contribution is 2.13. The van der Waals surface area contributed by atoms with Crippen LogP contribution < -0.4 is 5.32 Å². The van der Waals surface area contributed by atoms with Crippen LogP contribution in [-0.2, 0) is 14.3 Å². The summed E-state index contributed by atoms with van der Waals surface area (Å²) in [6.45, 7) is 10.5. The molecule has 0 heterocycles. The molecule has 114 valence electrons. The summed E-state index contributed by atoms with van der Waals surface area (Å²) in [5.74, 6) is 0.365. The molecule has 1 N–H and O–H groups in total. The molecule has 0 rings (SSSR count). The third-order valence-electron chi connectivity index (χ3n) is 3.33. The summed E-state index contributed by atoms with van der Waals surface area (Å²) in [7, 11) is 1.43. The van der Waals surface area contributed by atoms with E-state index < -0.39 is 5.54 Å². The lowest BCUT2D eigenvalue weighted by Gasteiger charge is -2.28. The van der Waals surface area contributed by atoms with E-state index in [1.165, 1.54) is 20.0 Å². The summed E-state index contributed by atoms with van der Waals surface area (Å²) < 4.78 is 10.5. The maximum absolute atomic E-state index is 11.8. The highest BCUT2D eigenvalue weighted by molar-refractivity contribution is 5.80. The van der Waals surface area contributed by atoms with Gasteiger partial charge in [-0.2, -0.15) is 0 Å². The predicted octanol–water partition coefficient (Wildman–Crippen LogP) is 2.76. The quantitative estimate of drug-likeness (QED) is 0.464. The number of carbonyl (C=O) groups is 1. The van der Waals surface area contributed by atoms with E-state index in [1.54, 1.807) is 0 Å². The third kappa shape index (κ3) is 7.53. The minimum absolute atomic E-state index is 0.217. The topological polar surface area (TPSA) is 47.6 Å². The number of esters is 1. The highest BCUT2D eigenvalue weighted by Gasteiger charge is 2.33. The number of hydrogen-bond acceptors (Lipinski definition) is 4. The molecule has 0 bridgehead atoms. The molecular formula is C15H31NO3. The molecule has 0 saturated heterocycles. The minimum Gasteiger partial charge on any atom is -0.468 e. The normalized spacial score (nSPS) is 15.8. The summed E-state index contributed by atoms with van der Waals surface area (Å²) in [4.78, 5) is 11.8. The molecule has 0 radical (unpaired) electrons. The van der Waals surface area contributed by atoms with Gasteiger partial charge in [0.15, 0.2) is 0 Å². The second-order valence-electron chi connectivity index (χ2n) is 5.47. The lowest BCUT2D eigenvalue weighted by atomic mass is 9.98. The van der Waals surface area contributed by atoms with Gasteiger partial charge in [0, 0.05) is 13.2 Å². The van der Waals surface area contributed by atoms with Gasteiger partial charge in [-0.3, -0.25) is 4.79 Å². The molecule has 0 amide bonds. The van der Waals surface area contributed by atoms with Crippen molar-refractivity contribution in [2.45, 2.75) is 58.9 Å². The fourth-order valence-corrected chi connectivity index (χ4v) is 2.03. The van der Waals surface area contributed by atoms with Gasteiger partial charge in [-0.05, 0) is 38.6 Å². The summed E-state index contributed by atoms with van der Waals surface area (Å²) in [6, 6.07) is 0. The molecule has 4 heteroatoms. The average molecular weight is 273 g/mol. The number of carbonyl (C=O) groups excluding carboxylic acids is 1. The number of methoxy groups -OCH3 is 1. The zero-order valence-electron chi connectivity index (χ0n) is 13.3. The SMILES string of the molecule is CCCNC(C)(CCOCC(C)CCC)C(=O)OC. The van der Waals surface area contributed by atoms with E-state index in [9.17, 15) is 4.79 Å². The average Bonchev–Trinajstić information content (AvgIpc) is 2.40. The maximum atomic E-state index is 11.8. The maximum Gasteiger partial charge on any atom is 0.325 e.